The number of carbonyl (C=O) groups excluding carboxylic acids is 1. The Morgan fingerprint density at radius 3 is 2.65 bits per heavy atom. The third-order valence-electron chi connectivity index (χ3n) is 4.04. The van der Waals surface area contributed by atoms with E-state index in [4.69, 9.17) is 9.47 Å². The summed E-state index contributed by atoms with van der Waals surface area (Å²) >= 11 is 0. The summed E-state index contributed by atoms with van der Waals surface area (Å²) in [5.74, 6) is -0.108. The standard InChI is InChI=1S/C21H21NO4/c1-3-13-26-17-12-8-11-16-18(21(24)25-4-2)20(23)22(19(16)17)14-15-9-6-5-7-10-15/h3,5-12,23H,1,4,13-14H2,2H3. The fourth-order valence-corrected chi connectivity index (χ4v) is 2.95. The first kappa shape index (κ1) is 17.6. The van der Waals surface area contributed by atoms with Gasteiger partial charge in [0.1, 0.15) is 17.9 Å². The van der Waals surface area contributed by atoms with Gasteiger partial charge in [-0.1, -0.05) is 55.1 Å². The van der Waals surface area contributed by atoms with Crippen LogP contribution in [0, 0.1) is 0 Å². The lowest BCUT2D eigenvalue weighted by molar-refractivity contribution is 0.0525. The molecule has 0 aliphatic carbocycles. The van der Waals surface area contributed by atoms with Gasteiger partial charge in [-0.25, -0.2) is 4.79 Å². The van der Waals surface area contributed by atoms with Gasteiger partial charge in [-0.3, -0.25) is 0 Å². The van der Waals surface area contributed by atoms with Crippen LogP contribution >= 0.6 is 0 Å². The summed E-state index contributed by atoms with van der Waals surface area (Å²) in [6.07, 6.45) is 1.65. The lowest BCUT2D eigenvalue weighted by Gasteiger charge is -2.11. The molecule has 0 unspecified atom stereocenters. The van der Waals surface area contributed by atoms with E-state index in [-0.39, 0.29) is 18.1 Å². The number of esters is 1. The maximum atomic E-state index is 12.4. The molecule has 0 amide bonds. The van der Waals surface area contributed by atoms with Gasteiger partial charge in [0.05, 0.1) is 18.7 Å². The van der Waals surface area contributed by atoms with Crippen LogP contribution in [0.4, 0.5) is 0 Å². The summed E-state index contributed by atoms with van der Waals surface area (Å²) in [5.41, 5.74) is 1.80. The summed E-state index contributed by atoms with van der Waals surface area (Å²) in [4.78, 5) is 12.4. The van der Waals surface area contributed by atoms with Gasteiger partial charge in [0.2, 0.25) is 5.88 Å². The molecule has 2 aromatic carbocycles. The fourth-order valence-electron chi connectivity index (χ4n) is 2.95. The molecule has 1 N–H and O–H groups in total. The second kappa shape index (κ2) is 7.78. The average molecular weight is 351 g/mol. The van der Waals surface area contributed by atoms with Gasteiger partial charge >= 0.3 is 5.97 Å². The van der Waals surface area contributed by atoms with Crippen LogP contribution in [0.15, 0.2) is 61.2 Å². The van der Waals surface area contributed by atoms with Crippen molar-refractivity contribution in [1.82, 2.24) is 4.57 Å². The van der Waals surface area contributed by atoms with Gasteiger partial charge in [0.15, 0.2) is 0 Å². The number of fused-ring (bicyclic) bond motifs is 1. The summed E-state index contributed by atoms with van der Waals surface area (Å²) < 4.78 is 12.6. The van der Waals surface area contributed by atoms with Crippen molar-refractivity contribution in [3.8, 4) is 11.6 Å². The Labute approximate surface area is 152 Å². The zero-order valence-electron chi connectivity index (χ0n) is 14.6. The third kappa shape index (κ3) is 3.28. The molecular weight excluding hydrogens is 330 g/mol. The monoisotopic (exact) mass is 351 g/mol. The number of hydrogen-bond donors (Lipinski definition) is 1. The molecule has 3 rings (SSSR count). The molecule has 0 aliphatic heterocycles. The third-order valence-corrected chi connectivity index (χ3v) is 4.04. The van der Waals surface area contributed by atoms with Crippen LogP contribution in [-0.2, 0) is 11.3 Å². The Morgan fingerprint density at radius 1 is 1.19 bits per heavy atom. The quantitative estimate of drug-likeness (QED) is 0.513. The Morgan fingerprint density at radius 2 is 1.96 bits per heavy atom. The van der Waals surface area contributed by atoms with Crippen molar-refractivity contribution < 1.29 is 19.4 Å². The predicted octanol–water partition coefficient (Wildman–Crippen LogP) is 4.14. The minimum absolute atomic E-state index is 0.128. The molecule has 0 atom stereocenters. The van der Waals surface area contributed by atoms with Gasteiger partial charge < -0.3 is 19.1 Å². The SMILES string of the molecule is C=CCOc1cccc2c(C(=O)OCC)c(O)n(Cc3ccccc3)c12. The number of aromatic hydroxyl groups is 1. The van der Waals surface area contributed by atoms with E-state index in [0.717, 1.165) is 5.56 Å². The summed E-state index contributed by atoms with van der Waals surface area (Å²) in [7, 11) is 0. The van der Waals surface area contributed by atoms with E-state index >= 15 is 0 Å². The highest BCUT2D eigenvalue weighted by Gasteiger charge is 2.25. The first-order valence-corrected chi connectivity index (χ1v) is 8.46. The molecule has 0 bridgehead atoms. The smallest absolute Gasteiger partial charge is 0.344 e. The molecule has 1 aromatic heterocycles. The Bertz CT molecular complexity index is 928. The van der Waals surface area contributed by atoms with Crippen molar-refractivity contribution >= 4 is 16.9 Å². The fraction of sp³-hybridized carbons (Fsp3) is 0.190. The molecule has 0 spiro atoms. The topological polar surface area (TPSA) is 60.7 Å². The molecule has 5 nitrogen and oxygen atoms in total. The van der Waals surface area contributed by atoms with Crippen LogP contribution in [0.25, 0.3) is 10.9 Å². The Balaban J connectivity index is 2.21. The van der Waals surface area contributed by atoms with E-state index in [0.29, 0.717) is 29.8 Å². The van der Waals surface area contributed by atoms with Crippen LogP contribution in [0.2, 0.25) is 0 Å². The molecule has 134 valence electrons. The van der Waals surface area contributed by atoms with Crippen LogP contribution in [-0.4, -0.2) is 28.9 Å². The Kier molecular flexibility index (Phi) is 5.27. The molecule has 0 aliphatic rings. The van der Waals surface area contributed by atoms with Crippen LogP contribution in [0.1, 0.15) is 22.8 Å². The molecule has 1 heterocycles. The van der Waals surface area contributed by atoms with E-state index in [1.54, 1.807) is 29.7 Å². The molecule has 0 radical (unpaired) electrons. The molecule has 5 heteroatoms. The molecular formula is C21H21NO4. The predicted molar refractivity (Wildman–Crippen MR) is 101 cm³/mol. The van der Waals surface area contributed by atoms with E-state index < -0.39 is 5.97 Å². The van der Waals surface area contributed by atoms with Crippen molar-refractivity contribution in [3.05, 3.63) is 72.3 Å². The minimum atomic E-state index is -0.553. The number of para-hydroxylation sites is 1. The first-order chi connectivity index (χ1) is 12.7. The van der Waals surface area contributed by atoms with Gasteiger partial charge in [0, 0.05) is 5.39 Å². The molecule has 0 saturated heterocycles. The maximum Gasteiger partial charge on any atom is 0.344 e. The van der Waals surface area contributed by atoms with E-state index in [2.05, 4.69) is 6.58 Å². The lowest BCUT2D eigenvalue weighted by Crippen LogP contribution is -2.05. The molecule has 0 saturated carbocycles. The zero-order chi connectivity index (χ0) is 18.5. The normalized spacial score (nSPS) is 10.7. The van der Waals surface area contributed by atoms with E-state index in [9.17, 15) is 9.90 Å². The van der Waals surface area contributed by atoms with E-state index in [1.165, 1.54) is 0 Å². The summed E-state index contributed by atoms with van der Waals surface area (Å²) in [6.45, 7) is 6.36. The molecule has 0 fully saturated rings. The van der Waals surface area contributed by atoms with Crippen molar-refractivity contribution in [1.29, 1.82) is 0 Å². The van der Waals surface area contributed by atoms with Gasteiger partial charge in [0.25, 0.3) is 0 Å². The minimum Gasteiger partial charge on any atom is -0.494 e. The number of rotatable bonds is 7. The van der Waals surface area contributed by atoms with Crippen molar-refractivity contribution in [3.63, 3.8) is 0 Å². The number of aromatic nitrogens is 1. The lowest BCUT2D eigenvalue weighted by atomic mass is 10.1. The average Bonchev–Trinajstić information content (AvgIpc) is 2.93. The highest BCUT2D eigenvalue weighted by atomic mass is 16.5. The van der Waals surface area contributed by atoms with Crippen molar-refractivity contribution in [2.45, 2.75) is 13.5 Å². The summed E-state index contributed by atoms with van der Waals surface area (Å²) in [5, 5.41) is 11.4. The highest BCUT2D eigenvalue weighted by molar-refractivity contribution is 6.08. The highest BCUT2D eigenvalue weighted by Crippen LogP contribution is 2.37. The van der Waals surface area contributed by atoms with Gasteiger partial charge in [-0.15, -0.1) is 0 Å². The number of ether oxygens (including phenoxy) is 2. The van der Waals surface area contributed by atoms with Crippen LogP contribution in [0.5, 0.6) is 11.6 Å². The second-order valence-corrected chi connectivity index (χ2v) is 5.74. The van der Waals surface area contributed by atoms with Gasteiger partial charge in [-0.2, -0.15) is 0 Å². The Hall–Kier alpha value is -3.21. The second-order valence-electron chi connectivity index (χ2n) is 5.74. The maximum absolute atomic E-state index is 12.4. The molecule has 3 aromatic rings. The van der Waals surface area contributed by atoms with Crippen LogP contribution in [0.3, 0.4) is 0 Å². The number of hydrogen-bond acceptors (Lipinski definition) is 4. The van der Waals surface area contributed by atoms with Crippen molar-refractivity contribution in [2.24, 2.45) is 0 Å². The van der Waals surface area contributed by atoms with E-state index in [1.807, 2.05) is 36.4 Å². The number of benzene rings is 2. The number of carbonyl (C=O) groups is 1. The zero-order valence-corrected chi connectivity index (χ0v) is 14.6. The first-order valence-electron chi connectivity index (χ1n) is 8.46. The number of nitrogens with zero attached hydrogens (tertiary/aromatic N) is 1. The largest absolute Gasteiger partial charge is 0.494 e. The van der Waals surface area contributed by atoms with Gasteiger partial charge in [-0.05, 0) is 18.6 Å². The van der Waals surface area contributed by atoms with Crippen LogP contribution < -0.4 is 4.74 Å². The molecule has 26 heavy (non-hydrogen) atoms. The summed E-state index contributed by atoms with van der Waals surface area (Å²) in [6, 6.07) is 15.1. The van der Waals surface area contributed by atoms with Crippen molar-refractivity contribution in [2.75, 3.05) is 13.2 Å².